The van der Waals surface area contributed by atoms with Crippen LogP contribution < -0.4 is 0 Å². The molecule has 0 fully saturated rings. The molecule has 9 rings (SSSR count). The van der Waals surface area contributed by atoms with Gasteiger partial charge in [0.05, 0.1) is 15.1 Å². The van der Waals surface area contributed by atoms with Crippen molar-refractivity contribution < 1.29 is 19.5 Å². The summed E-state index contributed by atoms with van der Waals surface area (Å²) in [6, 6.07) is 27.8. The van der Waals surface area contributed by atoms with E-state index in [0.717, 1.165) is 16.3 Å². The standard InChI is InChI=1S/C44H28O/c1-3-14-29(15-4-1)31-18-11-19-32(28-31)41-34-20-7-9-22-36(34)42(37-23-10-8-21-35(37)41)38-25-13-27-40-44(38)43-33(24-12-26-39(43)45-40)30-16-5-2-6-17-30/h1-28H/i1D,3D,4D,12D,13D,14D,15D,24D,25D,26D,27D. The monoisotopic (exact) mass is 583 g/mol. The van der Waals surface area contributed by atoms with Crippen LogP contribution in [0.5, 0.6) is 0 Å². The Balaban J connectivity index is 1.44. The highest BCUT2D eigenvalue weighted by atomic mass is 16.3. The first-order valence-electron chi connectivity index (χ1n) is 20.0. The van der Waals surface area contributed by atoms with Gasteiger partial charge in [-0.1, -0.05) is 151 Å². The molecule has 0 saturated carbocycles. The zero-order valence-corrected chi connectivity index (χ0v) is 23.7. The second-order valence-corrected chi connectivity index (χ2v) is 10.8. The van der Waals surface area contributed by atoms with Gasteiger partial charge in [-0.05, 0) is 84.2 Å². The molecular weight excluding hydrogens is 544 g/mol. The van der Waals surface area contributed by atoms with E-state index in [1.54, 1.807) is 24.3 Å². The van der Waals surface area contributed by atoms with Crippen LogP contribution in [0.4, 0.5) is 0 Å². The van der Waals surface area contributed by atoms with Crippen LogP contribution in [0.2, 0.25) is 0 Å². The normalized spacial score (nSPS) is 15.0. The quantitative estimate of drug-likeness (QED) is 0.188. The van der Waals surface area contributed by atoms with E-state index in [9.17, 15) is 1.37 Å². The molecule has 1 heterocycles. The Hall–Kier alpha value is -5.92. The van der Waals surface area contributed by atoms with Gasteiger partial charge in [-0.2, -0.15) is 0 Å². The second-order valence-electron chi connectivity index (χ2n) is 10.8. The average Bonchev–Trinajstić information content (AvgIpc) is 3.61. The minimum Gasteiger partial charge on any atom is -0.456 e. The fourth-order valence-corrected chi connectivity index (χ4v) is 6.45. The number of rotatable bonds is 4. The molecule has 0 unspecified atom stereocenters. The van der Waals surface area contributed by atoms with Crippen LogP contribution >= 0.6 is 0 Å². The topological polar surface area (TPSA) is 13.1 Å². The van der Waals surface area contributed by atoms with E-state index >= 15 is 0 Å². The maximum Gasteiger partial charge on any atom is 0.136 e. The zero-order valence-electron chi connectivity index (χ0n) is 34.7. The summed E-state index contributed by atoms with van der Waals surface area (Å²) in [7, 11) is 0. The molecule has 0 bridgehead atoms. The maximum atomic E-state index is 9.52. The largest absolute Gasteiger partial charge is 0.456 e. The summed E-state index contributed by atoms with van der Waals surface area (Å²) in [6.07, 6.45) is 0. The van der Waals surface area contributed by atoms with Crippen LogP contribution in [0.1, 0.15) is 15.1 Å². The van der Waals surface area contributed by atoms with E-state index in [1.165, 1.54) is 0 Å². The van der Waals surface area contributed by atoms with Crippen LogP contribution in [0.3, 0.4) is 0 Å². The molecule has 0 saturated heterocycles. The van der Waals surface area contributed by atoms with Gasteiger partial charge >= 0.3 is 0 Å². The molecule has 0 atom stereocenters. The highest BCUT2D eigenvalue weighted by Gasteiger charge is 2.21. The van der Waals surface area contributed by atoms with Crippen molar-refractivity contribution in [3.63, 3.8) is 0 Å². The molecule has 0 radical (unpaired) electrons. The first-order valence-corrected chi connectivity index (χ1v) is 14.5. The molecular formula is C44H28O. The smallest absolute Gasteiger partial charge is 0.136 e. The number of furan rings is 1. The average molecular weight is 584 g/mol. The third-order valence-electron chi connectivity index (χ3n) is 8.32. The molecule has 0 amide bonds. The second kappa shape index (κ2) is 10.4. The van der Waals surface area contributed by atoms with Crippen LogP contribution in [0, 0.1) is 0 Å². The van der Waals surface area contributed by atoms with E-state index in [0.29, 0.717) is 54.9 Å². The van der Waals surface area contributed by atoms with Gasteiger partial charge in [-0.25, -0.2) is 0 Å². The molecule has 0 spiro atoms. The van der Waals surface area contributed by atoms with Gasteiger partial charge in [0.2, 0.25) is 0 Å². The molecule has 210 valence electrons. The summed E-state index contributed by atoms with van der Waals surface area (Å²) in [4.78, 5) is 0. The van der Waals surface area contributed by atoms with Crippen molar-refractivity contribution >= 4 is 43.5 Å². The number of hydrogen-bond acceptors (Lipinski definition) is 1. The van der Waals surface area contributed by atoms with Crippen LogP contribution in [0.25, 0.3) is 88.0 Å². The van der Waals surface area contributed by atoms with Crippen molar-refractivity contribution in [2.45, 2.75) is 0 Å². The summed E-state index contributed by atoms with van der Waals surface area (Å²) >= 11 is 0. The van der Waals surface area contributed by atoms with Crippen molar-refractivity contribution in [2.24, 2.45) is 0 Å². The molecule has 1 aromatic heterocycles. The Kier molecular flexibility index (Phi) is 3.87. The van der Waals surface area contributed by atoms with E-state index in [1.807, 2.05) is 78.9 Å². The van der Waals surface area contributed by atoms with Crippen molar-refractivity contribution in [2.75, 3.05) is 0 Å². The molecule has 0 aliphatic carbocycles. The van der Waals surface area contributed by atoms with Crippen molar-refractivity contribution in [3.05, 3.63) is 170 Å². The van der Waals surface area contributed by atoms with Gasteiger partial charge in [0.25, 0.3) is 0 Å². The summed E-state index contributed by atoms with van der Waals surface area (Å²) in [5.74, 6) is 0. The van der Waals surface area contributed by atoms with Crippen molar-refractivity contribution in [1.29, 1.82) is 0 Å². The summed E-state index contributed by atoms with van der Waals surface area (Å²) in [5, 5.41) is 3.55. The Labute approximate surface area is 277 Å². The minimum atomic E-state index is -0.469. The third-order valence-corrected chi connectivity index (χ3v) is 8.32. The minimum absolute atomic E-state index is 0.00528. The molecule has 45 heavy (non-hydrogen) atoms. The van der Waals surface area contributed by atoms with Crippen molar-refractivity contribution in [3.8, 4) is 44.5 Å². The Bertz CT molecular complexity index is 3070. The van der Waals surface area contributed by atoms with Gasteiger partial charge in [-0.15, -0.1) is 0 Å². The zero-order chi connectivity index (χ0) is 39.3. The van der Waals surface area contributed by atoms with Gasteiger partial charge in [0, 0.05) is 10.8 Å². The molecule has 0 aliphatic rings. The van der Waals surface area contributed by atoms with Crippen LogP contribution in [0.15, 0.2) is 174 Å². The fourth-order valence-electron chi connectivity index (χ4n) is 6.45. The van der Waals surface area contributed by atoms with E-state index in [-0.39, 0.29) is 65.1 Å². The number of benzene rings is 8. The molecule has 0 N–H and O–H groups in total. The SMILES string of the molecule is [2H]c1c([2H])c([2H])c(-c2cccc(-c3c4ccccc4c(-c4c([2H])c([2H])c([2H])c5oc6c([2H])c([2H])c([2H])c(-c7ccccc7)c6c45)c4ccccc34)c2)c([2H])c1[2H]. The molecule has 0 aliphatic heterocycles. The van der Waals surface area contributed by atoms with Gasteiger partial charge in [0.1, 0.15) is 11.2 Å². The first kappa shape index (κ1) is 16.8. The molecule has 1 nitrogen and oxygen atoms in total. The molecule has 8 aromatic carbocycles. The fraction of sp³-hybridized carbons (Fsp3) is 0. The van der Waals surface area contributed by atoms with Crippen LogP contribution in [-0.4, -0.2) is 0 Å². The van der Waals surface area contributed by atoms with E-state index in [4.69, 9.17) is 18.1 Å². The summed E-state index contributed by atoms with van der Waals surface area (Å²) in [5.41, 5.74) is 3.82. The molecule has 9 aromatic rings. The molecule has 1 heteroatoms. The van der Waals surface area contributed by atoms with E-state index < -0.39 is 18.1 Å². The summed E-state index contributed by atoms with van der Waals surface area (Å²) < 4.78 is 102. The predicted octanol–water partition coefficient (Wildman–Crippen LogP) is 12.6. The third kappa shape index (κ3) is 4.09. The van der Waals surface area contributed by atoms with Crippen molar-refractivity contribution in [1.82, 2.24) is 0 Å². The first-order chi connectivity index (χ1) is 26.9. The Morgan fingerprint density at radius 3 is 1.58 bits per heavy atom. The summed E-state index contributed by atoms with van der Waals surface area (Å²) in [6.45, 7) is 0. The maximum absolute atomic E-state index is 9.52. The Morgan fingerprint density at radius 2 is 0.911 bits per heavy atom. The highest BCUT2D eigenvalue weighted by Crippen LogP contribution is 2.48. The van der Waals surface area contributed by atoms with Gasteiger partial charge < -0.3 is 4.42 Å². The number of hydrogen-bond donors (Lipinski definition) is 0. The lowest BCUT2D eigenvalue weighted by molar-refractivity contribution is 0.669. The highest BCUT2D eigenvalue weighted by molar-refractivity contribution is 6.27. The Morgan fingerprint density at radius 1 is 0.378 bits per heavy atom. The predicted molar refractivity (Wildman–Crippen MR) is 190 cm³/mol. The van der Waals surface area contributed by atoms with Gasteiger partial charge in [0.15, 0.2) is 0 Å². The van der Waals surface area contributed by atoms with Crippen LogP contribution in [-0.2, 0) is 0 Å². The number of fused-ring (bicyclic) bond motifs is 5. The van der Waals surface area contributed by atoms with Gasteiger partial charge in [-0.3, -0.25) is 0 Å². The lowest BCUT2D eigenvalue weighted by Crippen LogP contribution is -1.92. The van der Waals surface area contributed by atoms with E-state index in [2.05, 4.69) is 0 Å². The lowest BCUT2D eigenvalue weighted by Gasteiger charge is -2.19. The lowest BCUT2D eigenvalue weighted by atomic mass is 9.84.